The Hall–Kier alpha value is -0.810. The standard InChI is InChI=1S/C17H31N3O2.ClH/c1-13(17(22)19-12-15-8-5-9-18-11-15)20-16(21)10-14-6-3-2-4-7-14;/h13-15,18H,2-12H2,1H3,(H,19,22)(H,20,21);1H. The lowest BCUT2D eigenvalue weighted by Crippen LogP contribution is -2.47. The molecule has 1 saturated heterocycles. The summed E-state index contributed by atoms with van der Waals surface area (Å²) in [4.78, 5) is 24.1. The van der Waals surface area contributed by atoms with Crippen LogP contribution in [0.15, 0.2) is 0 Å². The lowest BCUT2D eigenvalue weighted by molar-refractivity contribution is -0.129. The van der Waals surface area contributed by atoms with Crippen LogP contribution >= 0.6 is 12.4 Å². The second-order valence-electron chi connectivity index (χ2n) is 6.95. The average molecular weight is 346 g/mol. The molecule has 0 spiro atoms. The van der Waals surface area contributed by atoms with E-state index < -0.39 is 6.04 Å². The normalized spacial score (nSPS) is 23.4. The topological polar surface area (TPSA) is 70.2 Å². The number of hydrogen-bond donors (Lipinski definition) is 3. The molecule has 2 atom stereocenters. The van der Waals surface area contributed by atoms with Crippen molar-refractivity contribution in [2.24, 2.45) is 11.8 Å². The lowest BCUT2D eigenvalue weighted by atomic mass is 9.87. The van der Waals surface area contributed by atoms with Gasteiger partial charge in [0, 0.05) is 13.0 Å². The van der Waals surface area contributed by atoms with Crippen molar-refractivity contribution in [3.8, 4) is 0 Å². The maximum Gasteiger partial charge on any atom is 0.242 e. The van der Waals surface area contributed by atoms with Crippen LogP contribution in [0.25, 0.3) is 0 Å². The van der Waals surface area contributed by atoms with Crippen molar-refractivity contribution < 1.29 is 9.59 Å². The van der Waals surface area contributed by atoms with Crippen molar-refractivity contribution in [1.82, 2.24) is 16.0 Å². The molecule has 0 aromatic carbocycles. The smallest absolute Gasteiger partial charge is 0.242 e. The fourth-order valence-corrected chi connectivity index (χ4v) is 3.52. The maximum absolute atomic E-state index is 12.1. The first-order valence-corrected chi connectivity index (χ1v) is 8.93. The van der Waals surface area contributed by atoms with Gasteiger partial charge in [-0.15, -0.1) is 12.4 Å². The molecule has 0 radical (unpaired) electrons. The minimum Gasteiger partial charge on any atom is -0.354 e. The van der Waals surface area contributed by atoms with Gasteiger partial charge >= 0.3 is 0 Å². The molecule has 0 aromatic rings. The van der Waals surface area contributed by atoms with Crippen LogP contribution < -0.4 is 16.0 Å². The number of rotatable bonds is 6. The van der Waals surface area contributed by atoms with E-state index >= 15 is 0 Å². The molecule has 5 nitrogen and oxygen atoms in total. The zero-order chi connectivity index (χ0) is 15.8. The highest BCUT2D eigenvalue weighted by molar-refractivity contribution is 5.87. The molecule has 1 aliphatic carbocycles. The summed E-state index contributed by atoms with van der Waals surface area (Å²) in [6, 6.07) is -0.437. The number of hydrogen-bond acceptors (Lipinski definition) is 3. The van der Waals surface area contributed by atoms with Crippen molar-refractivity contribution in [2.45, 2.75) is 64.3 Å². The molecule has 1 aliphatic heterocycles. The minimum atomic E-state index is -0.437. The summed E-state index contributed by atoms with van der Waals surface area (Å²) in [5.41, 5.74) is 0. The average Bonchev–Trinajstić information content (AvgIpc) is 2.54. The Bertz CT molecular complexity index is 367. The molecule has 0 bridgehead atoms. The Kier molecular flexibility index (Phi) is 9.56. The van der Waals surface area contributed by atoms with E-state index in [-0.39, 0.29) is 24.2 Å². The lowest BCUT2D eigenvalue weighted by Gasteiger charge is -2.24. The molecule has 134 valence electrons. The highest BCUT2D eigenvalue weighted by Crippen LogP contribution is 2.26. The Morgan fingerprint density at radius 3 is 2.43 bits per heavy atom. The van der Waals surface area contributed by atoms with Gasteiger partial charge < -0.3 is 16.0 Å². The van der Waals surface area contributed by atoms with Crippen LogP contribution in [0, 0.1) is 11.8 Å². The van der Waals surface area contributed by atoms with Crippen molar-refractivity contribution in [3.05, 3.63) is 0 Å². The van der Waals surface area contributed by atoms with Crippen LogP contribution in [0.1, 0.15) is 58.3 Å². The van der Waals surface area contributed by atoms with Crippen molar-refractivity contribution in [3.63, 3.8) is 0 Å². The van der Waals surface area contributed by atoms with E-state index in [0.29, 0.717) is 24.8 Å². The quantitative estimate of drug-likeness (QED) is 0.689. The molecule has 1 saturated carbocycles. The molecule has 1 heterocycles. The van der Waals surface area contributed by atoms with Gasteiger partial charge in [-0.05, 0) is 57.5 Å². The van der Waals surface area contributed by atoms with Crippen LogP contribution in [-0.2, 0) is 9.59 Å². The fourth-order valence-electron chi connectivity index (χ4n) is 3.52. The third-order valence-electron chi connectivity index (χ3n) is 4.93. The SMILES string of the molecule is CC(NC(=O)CC1CCCCC1)C(=O)NCC1CCCNC1.Cl. The van der Waals surface area contributed by atoms with E-state index in [9.17, 15) is 9.59 Å². The summed E-state index contributed by atoms with van der Waals surface area (Å²) in [6.07, 6.45) is 9.00. The molecule has 2 rings (SSSR count). The van der Waals surface area contributed by atoms with Gasteiger partial charge in [0.05, 0.1) is 0 Å². The van der Waals surface area contributed by atoms with E-state index in [1.54, 1.807) is 6.92 Å². The Morgan fingerprint density at radius 1 is 1.09 bits per heavy atom. The number of piperidine rings is 1. The van der Waals surface area contributed by atoms with Gasteiger partial charge in [-0.3, -0.25) is 9.59 Å². The number of carbonyl (C=O) groups excluding carboxylic acids is 2. The molecule has 2 aliphatic rings. The monoisotopic (exact) mass is 345 g/mol. The summed E-state index contributed by atoms with van der Waals surface area (Å²) in [5, 5.41) is 9.16. The Balaban J connectivity index is 0.00000264. The van der Waals surface area contributed by atoms with Crippen molar-refractivity contribution >= 4 is 24.2 Å². The zero-order valence-corrected chi connectivity index (χ0v) is 15.1. The van der Waals surface area contributed by atoms with Gasteiger partial charge in [0.1, 0.15) is 6.04 Å². The predicted octanol–water partition coefficient (Wildman–Crippen LogP) is 2.00. The van der Waals surface area contributed by atoms with Crippen LogP contribution in [0.2, 0.25) is 0 Å². The number of halogens is 1. The molecule has 6 heteroatoms. The second kappa shape index (κ2) is 10.9. The molecule has 2 unspecified atom stereocenters. The van der Waals surface area contributed by atoms with Gasteiger partial charge in [-0.1, -0.05) is 19.3 Å². The van der Waals surface area contributed by atoms with Crippen molar-refractivity contribution in [2.75, 3.05) is 19.6 Å². The van der Waals surface area contributed by atoms with Gasteiger partial charge in [0.2, 0.25) is 11.8 Å². The summed E-state index contributed by atoms with van der Waals surface area (Å²) >= 11 is 0. The minimum absolute atomic E-state index is 0. The number of nitrogens with one attached hydrogen (secondary N) is 3. The van der Waals surface area contributed by atoms with Crippen LogP contribution in [0.5, 0.6) is 0 Å². The third kappa shape index (κ3) is 7.53. The van der Waals surface area contributed by atoms with Gasteiger partial charge in [-0.25, -0.2) is 0 Å². The molecule has 23 heavy (non-hydrogen) atoms. The van der Waals surface area contributed by atoms with E-state index in [1.807, 2.05) is 0 Å². The highest BCUT2D eigenvalue weighted by Gasteiger charge is 2.21. The third-order valence-corrected chi connectivity index (χ3v) is 4.93. The van der Waals surface area contributed by atoms with Crippen LogP contribution in [-0.4, -0.2) is 37.5 Å². The first-order chi connectivity index (χ1) is 10.6. The van der Waals surface area contributed by atoms with Gasteiger partial charge in [0.15, 0.2) is 0 Å². The van der Waals surface area contributed by atoms with Crippen LogP contribution in [0.4, 0.5) is 0 Å². The summed E-state index contributed by atoms with van der Waals surface area (Å²) in [5.74, 6) is 0.983. The molecular formula is C17H32ClN3O2. The zero-order valence-electron chi connectivity index (χ0n) is 14.2. The number of carbonyl (C=O) groups is 2. The first-order valence-electron chi connectivity index (χ1n) is 8.93. The van der Waals surface area contributed by atoms with E-state index in [2.05, 4.69) is 16.0 Å². The second-order valence-corrected chi connectivity index (χ2v) is 6.95. The first kappa shape index (κ1) is 20.2. The van der Waals surface area contributed by atoms with Gasteiger partial charge in [0.25, 0.3) is 0 Å². The number of amides is 2. The predicted molar refractivity (Wildman–Crippen MR) is 94.6 cm³/mol. The van der Waals surface area contributed by atoms with Gasteiger partial charge in [-0.2, -0.15) is 0 Å². The Morgan fingerprint density at radius 2 is 1.78 bits per heavy atom. The highest BCUT2D eigenvalue weighted by atomic mass is 35.5. The summed E-state index contributed by atoms with van der Waals surface area (Å²) in [7, 11) is 0. The Labute approximate surface area is 146 Å². The maximum atomic E-state index is 12.1. The summed E-state index contributed by atoms with van der Waals surface area (Å²) in [6.45, 7) is 4.53. The van der Waals surface area contributed by atoms with E-state index in [4.69, 9.17) is 0 Å². The van der Waals surface area contributed by atoms with Crippen molar-refractivity contribution in [1.29, 1.82) is 0 Å². The molecule has 2 fully saturated rings. The largest absolute Gasteiger partial charge is 0.354 e. The fraction of sp³-hybridized carbons (Fsp3) is 0.882. The molecule has 2 amide bonds. The molecule has 0 aromatic heterocycles. The molecule has 3 N–H and O–H groups in total. The van der Waals surface area contributed by atoms with Crippen LogP contribution in [0.3, 0.4) is 0 Å². The molecular weight excluding hydrogens is 314 g/mol. The van der Waals surface area contributed by atoms with E-state index in [0.717, 1.165) is 32.4 Å². The van der Waals surface area contributed by atoms with E-state index in [1.165, 1.54) is 25.7 Å². The summed E-state index contributed by atoms with van der Waals surface area (Å²) < 4.78 is 0.